The van der Waals surface area contributed by atoms with Gasteiger partial charge in [-0.2, -0.15) is 0 Å². The Labute approximate surface area is 88.0 Å². The Bertz CT molecular complexity index is 283. The zero-order valence-electron chi connectivity index (χ0n) is 7.76. The summed E-state index contributed by atoms with van der Waals surface area (Å²) in [5.74, 6) is 0. The Morgan fingerprint density at radius 1 is 1.54 bits per heavy atom. The molecule has 70 valence electrons. The Morgan fingerprint density at radius 2 is 2.23 bits per heavy atom. The zero-order valence-corrected chi connectivity index (χ0v) is 9.34. The first kappa shape index (κ1) is 10.5. The average Bonchev–Trinajstić information content (AvgIpc) is 2.15. The van der Waals surface area contributed by atoms with Gasteiger partial charge in [-0.15, -0.1) is 6.58 Å². The molecule has 1 nitrogen and oxygen atoms in total. The molecule has 0 aliphatic rings. The van der Waals surface area contributed by atoms with Crippen LogP contribution in [0.15, 0.2) is 41.4 Å². The van der Waals surface area contributed by atoms with Gasteiger partial charge >= 0.3 is 0 Å². The third-order valence-corrected chi connectivity index (χ3v) is 2.66. The number of nitrogens with one attached hydrogen (secondary N) is 1. The fourth-order valence-electron chi connectivity index (χ4n) is 1.20. The summed E-state index contributed by atoms with van der Waals surface area (Å²) in [7, 11) is 0. The Morgan fingerprint density at radius 3 is 2.85 bits per heavy atom. The molecule has 0 unspecified atom stereocenters. The van der Waals surface area contributed by atoms with Crippen LogP contribution in [0.5, 0.6) is 0 Å². The Kier molecular flexibility index (Phi) is 4.19. The van der Waals surface area contributed by atoms with Crippen LogP contribution in [-0.4, -0.2) is 6.54 Å². The average molecular weight is 240 g/mol. The summed E-state index contributed by atoms with van der Waals surface area (Å²) in [6, 6.07) is 8.60. The molecule has 13 heavy (non-hydrogen) atoms. The highest BCUT2D eigenvalue weighted by Crippen LogP contribution is 2.22. The van der Waals surface area contributed by atoms with E-state index < -0.39 is 0 Å². The maximum absolute atomic E-state index is 3.67. The standard InChI is InChI=1S/C11H14BrN/c1-3-8-13-9(2)10-6-4-5-7-11(10)12/h3-7,9,13H,1,8H2,2H3/t9-/m1/s1. The first-order valence-corrected chi connectivity index (χ1v) is 5.13. The first-order chi connectivity index (χ1) is 6.25. The van der Waals surface area contributed by atoms with Gasteiger partial charge in [-0.05, 0) is 18.6 Å². The van der Waals surface area contributed by atoms with Gasteiger partial charge in [0.2, 0.25) is 0 Å². The van der Waals surface area contributed by atoms with Gasteiger partial charge in [-0.1, -0.05) is 40.2 Å². The smallest absolute Gasteiger partial charge is 0.0305 e. The van der Waals surface area contributed by atoms with E-state index in [1.165, 1.54) is 5.56 Å². The van der Waals surface area contributed by atoms with Crippen molar-refractivity contribution in [3.05, 3.63) is 47.0 Å². The van der Waals surface area contributed by atoms with E-state index in [2.05, 4.69) is 46.9 Å². The monoisotopic (exact) mass is 239 g/mol. The summed E-state index contributed by atoms with van der Waals surface area (Å²) in [5.41, 5.74) is 1.28. The summed E-state index contributed by atoms with van der Waals surface area (Å²) >= 11 is 3.52. The molecule has 0 radical (unpaired) electrons. The maximum atomic E-state index is 3.67. The third kappa shape index (κ3) is 2.98. The lowest BCUT2D eigenvalue weighted by Gasteiger charge is -2.14. The van der Waals surface area contributed by atoms with Crippen molar-refractivity contribution in [3.8, 4) is 0 Å². The van der Waals surface area contributed by atoms with E-state index in [-0.39, 0.29) is 0 Å². The minimum atomic E-state index is 0.355. The lowest BCUT2D eigenvalue weighted by Crippen LogP contribution is -2.18. The van der Waals surface area contributed by atoms with Crippen LogP contribution < -0.4 is 5.32 Å². The number of hydrogen-bond donors (Lipinski definition) is 1. The summed E-state index contributed by atoms with van der Waals surface area (Å²) < 4.78 is 1.15. The summed E-state index contributed by atoms with van der Waals surface area (Å²) in [4.78, 5) is 0. The van der Waals surface area contributed by atoms with Gasteiger partial charge in [0.25, 0.3) is 0 Å². The molecule has 0 aromatic heterocycles. The van der Waals surface area contributed by atoms with E-state index in [1.807, 2.05) is 18.2 Å². The van der Waals surface area contributed by atoms with E-state index in [0.29, 0.717) is 6.04 Å². The van der Waals surface area contributed by atoms with Gasteiger partial charge in [-0.25, -0.2) is 0 Å². The van der Waals surface area contributed by atoms with Crippen molar-refractivity contribution in [1.82, 2.24) is 5.32 Å². The van der Waals surface area contributed by atoms with Crippen LogP contribution in [0.1, 0.15) is 18.5 Å². The molecule has 1 atom stereocenters. The normalized spacial score (nSPS) is 12.5. The second-order valence-electron chi connectivity index (χ2n) is 2.94. The molecule has 1 N–H and O–H groups in total. The Balaban J connectivity index is 2.70. The molecular formula is C11H14BrN. The molecule has 0 aliphatic heterocycles. The van der Waals surface area contributed by atoms with E-state index in [0.717, 1.165) is 11.0 Å². The van der Waals surface area contributed by atoms with Crippen LogP contribution in [0.2, 0.25) is 0 Å². The molecule has 1 aromatic rings. The molecule has 0 fully saturated rings. The largest absolute Gasteiger partial charge is 0.307 e. The second kappa shape index (κ2) is 5.20. The lowest BCUT2D eigenvalue weighted by atomic mass is 10.1. The van der Waals surface area contributed by atoms with Crippen molar-refractivity contribution in [2.75, 3.05) is 6.54 Å². The zero-order chi connectivity index (χ0) is 9.68. The molecule has 1 rings (SSSR count). The molecule has 0 aliphatic carbocycles. The highest BCUT2D eigenvalue weighted by molar-refractivity contribution is 9.10. The molecule has 0 amide bonds. The van der Waals surface area contributed by atoms with Gasteiger partial charge in [0.05, 0.1) is 0 Å². The van der Waals surface area contributed by atoms with E-state index >= 15 is 0 Å². The van der Waals surface area contributed by atoms with Crippen LogP contribution in [0, 0.1) is 0 Å². The highest BCUT2D eigenvalue weighted by atomic mass is 79.9. The quantitative estimate of drug-likeness (QED) is 0.796. The van der Waals surface area contributed by atoms with E-state index in [1.54, 1.807) is 0 Å². The van der Waals surface area contributed by atoms with Gasteiger partial charge in [0.1, 0.15) is 0 Å². The number of rotatable bonds is 4. The number of hydrogen-bond acceptors (Lipinski definition) is 1. The molecule has 1 aromatic carbocycles. The molecule has 0 heterocycles. The van der Waals surface area contributed by atoms with Crippen molar-refractivity contribution in [3.63, 3.8) is 0 Å². The van der Waals surface area contributed by atoms with Crippen LogP contribution in [0.25, 0.3) is 0 Å². The topological polar surface area (TPSA) is 12.0 Å². The minimum absolute atomic E-state index is 0.355. The predicted octanol–water partition coefficient (Wildman–Crippen LogP) is 3.29. The molecular weight excluding hydrogens is 226 g/mol. The van der Waals surface area contributed by atoms with Crippen molar-refractivity contribution in [2.24, 2.45) is 0 Å². The van der Waals surface area contributed by atoms with E-state index in [9.17, 15) is 0 Å². The van der Waals surface area contributed by atoms with Gasteiger partial charge in [0, 0.05) is 17.1 Å². The molecule has 2 heteroatoms. The number of halogens is 1. The molecule has 0 spiro atoms. The lowest BCUT2D eigenvalue weighted by molar-refractivity contribution is 0.615. The second-order valence-corrected chi connectivity index (χ2v) is 3.79. The fourth-order valence-corrected chi connectivity index (χ4v) is 1.82. The van der Waals surface area contributed by atoms with Crippen LogP contribution >= 0.6 is 15.9 Å². The fraction of sp³-hybridized carbons (Fsp3) is 0.273. The molecule has 0 saturated heterocycles. The van der Waals surface area contributed by atoms with E-state index in [4.69, 9.17) is 0 Å². The molecule has 0 bridgehead atoms. The third-order valence-electron chi connectivity index (χ3n) is 1.94. The van der Waals surface area contributed by atoms with Crippen LogP contribution in [-0.2, 0) is 0 Å². The van der Waals surface area contributed by atoms with Crippen molar-refractivity contribution in [2.45, 2.75) is 13.0 Å². The van der Waals surface area contributed by atoms with Crippen LogP contribution in [0.3, 0.4) is 0 Å². The van der Waals surface area contributed by atoms with Crippen molar-refractivity contribution >= 4 is 15.9 Å². The summed E-state index contributed by atoms with van der Waals surface area (Å²) in [6.45, 7) is 6.65. The number of benzene rings is 1. The van der Waals surface area contributed by atoms with Crippen molar-refractivity contribution < 1.29 is 0 Å². The maximum Gasteiger partial charge on any atom is 0.0305 e. The highest BCUT2D eigenvalue weighted by Gasteiger charge is 2.05. The van der Waals surface area contributed by atoms with Crippen molar-refractivity contribution in [1.29, 1.82) is 0 Å². The first-order valence-electron chi connectivity index (χ1n) is 4.34. The van der Waals surface area contributed by atoms with Gasteiger partial charge in [-0.3, -0.25) is 0 Å². The Hall–Kier alpha value is -0.600. The predicted molar refractivity (Wildman–Crippen MR) is 60.8 cm³/mol. The summed E-state index contributed by atoms with van der Waals surface area (Å²) in [6.07, 6.45) is 1.87. The molecule has 0 saturated carbocycles. The van der Waals surface area contributed by atoms with Crippen LogP contribution in [0.4, 0.5) is 0 Å². The van der Waals surface area contributed by atoms with Gasteiger partial charge < -0.3 is 5.32 Å². The van der Waals surface area contributed by atoms with Gasteiger partial charge in [0.15, 0.2) is 0 Å². The SMILES string of the molecule is C=CCN[C@H](C)c1ccccc1Br. The summed E-state index contributed by atoms with van der Waals surface area (Å²) in [5, 5.41) is 3.34. The minimum Gasteiger partial charge on any atom is -0.307 e.